The van der Waals surface area contributed by atoms with E-state index in [4.69, 9.17) is 5.73 Å². The van der Waals surface area contributed by atoms with E-state index in [1.165, 1.54) is 23.5 Å². The van der Waals surface area contributed by atoms with Crippen molar-refractivity contribution in [1.29, 1.82) is 0 Å². The van der Waals surface area contributed by atoms with Gasteiger partial charge in [0, 0.05) is 23.8 Å². The molecule has 1 aromatic carbocycles. The lowest BCUT2D eigenvalue weighted by atomic mass is 9.90. The first-order valence-electron chi connectivity index (χ1n) is 7.32. The summed E-state index contributed by atoms with van der Waals surface area (Å²) in [5.74, 6) is 0.148. The van der Waals surface area contributed by atoms with E-state index < -0.39 is 0 Å². The molecule has 0 bridgehead atoms. The number of carbonyl (C=O) groups excluding carboxylic acids is 1. The van der Waals surface area contributed by atoms with Gasteiger partial charge in [-0.05, 0) is 35.9 Å². The molecule has 1 amide bonds. The number of carbonyl (C=O) groups is 1. The Labute approximate surface area is 127 Å². The van der Waals surface area contributed by atoms with Crippen molar-refractivity contribution in [2.45, 2.75) is 25.8 Å². The standard InChI is InChI=1S/C16H19FN2OS/c1-2-10-9-19(6-5-13(10)18)16(20)15-7-11-3-4-12(17)8-14(11)21-15/h3-4,7-8,10,13H,2,5-6,9,18H2,1H3. The van der Waals surface area contributed by atoms with Gasteiger partial charge in [0.05, 0.1) is 4.88 Å². The van der Waals surface area contributed by atoms with Crippen molar-refractivity contribution >= 4 is 27.3 Å². The molecular weight excluding hydrogens is 287 g/mol. The summed E-state index contributed by atoms with van der Waals surface area (Å²) in [4.78, 5) is 15.2. The molecule has 3 rings (SSSR count). The van der Waals surface area contributed by atoms with Crippen LogP contribution in [0.5, 0.6) is 0 Å². The highest BCUT2D eigenvalue weighted by Gasteiger charge is 2.29. The van der Waals surface area contributed by atoms with Crippen molar-refractivity contribution in [1.82, 2.24) is 4.90 Å². The van der Waals surface area contributed by atoms with Crippen LogP contribution in [0.3, 0.4) is 0 Å². The summed E-state index contributed by atoms with van der Waals surface area (Å²) in [6, 6.07) is 6.68. The summed E-state index contributed by atoms with van der Waals surface area (Å²) in [6.45, 7) is 3.54. The number of nitrogens with zero attached hydrogens (tertiary/aromatic N) is 1. The molecule has 1 saturated heterocycles. The van der Waals surface area contributed by atoms with Crippen LogP contribution in [0.25, 0.3) is 10.1 Å². The number of fused-ring (bicyclic) bond motifs is 1. The van der Waals surface area contributed by atoms with E-state index in [0.29, 0.717) is 17.3 Å². The molecule has 5 heteroatoms. The summed E-state index contributed by atoms with van der Waals surface area (Å²) >= 11 is 1.36. The second kappa shape index (κ2) is 5.73. The Kier molecular flexibility index (Phi) is 3.95. The maximum Gasteiger partial charge on any atom is 0.263 e. The van der Waals surface area contributed by atoms with Gasteiger partial charge in [-0.15, -0.1) is 11.3 Å². The average Bonchev–Trinajstić information content (AvgIpc) is 2.90. The first-order valence-corrected chi connectivity index (χ1v) is 8.14. The quantitative estimate of drug-likeness (QED) is 0.926. The largest absolute Gasteiger partial charge is 0.338 e. The lowest BCUT2D eigenvalue weighted by molar-refractivity contribution is 0.0654. The maximum atomic E-state index is 13.2. The smallest absolute Gasteiger partial charge is 0.263 e. The lowest BCUT2D eigenvalue weighted by Gasteiger charge is -2.36. The van der Waals surface area contributed by atoms with Gasteiger partial charge in [-0.25, -0.2) is 4.39 Å². The number of benzene rings is 1. The van der Waals surface area contributed by atoms with Gasteiger partial charge in [0.15, 0.2) is 0 Å². The SMILES string of the molecule is CCC1CN(C(=O)c2cc3ccc(F)cc3s2)CCC1N. The van der Waals surface area contributed by atoms with Gasteiger partial charge in [-0.1, -0.05) is 19.4 Å². The van der Waals surface area contributed by atoms with E-state index in [9.17, 15) is 9.18 Å². The van der Waals surface area contributed by atoms with E-state index >= 15 is 0 Å². The third-order valence-electron chi connectivity index (χ3n) is 4.30. The first kappa shape index (κ1) is 14.5. The zero-order chi connectivity index (χ0) is 15.0. The molecule has 1 aliphatic heterocycles. The molecule has 0 spiro atoms. The molecule has 0 saturated carbocycles. The molecule has 1 fully saturated rings. The van der Waals surface area contributed by atoms with E-state index in [1.54, 1.807) is 6.07 Å². The van der Waals surface area contributed by atoms with Crippen LogP contribution in [0.1, 0.15) is 29.4 Å². The van der Waals surface area contributed by atoms with Crippen molar-refractivity contribution in [2.24, 2.45) is 11.7 Å². The Morgan fingerprint density at radius 2 is 2.29 bits per heavy atom. The van der Waals surface area contributed by atoms with Crippen LogP contribution < -0.4 is 5.73 Å². The van der Waals surface area contributed by atoms with Crippen LogP contribution >= 0.6 is 11.3 Å². The van der Waals surface area contributed by atoms with Gasteiger partial charge in [-0.3, -0.25) is 4.79 Å². The number of amides is 1. The van der Waals surface area contributed by atoms with Crippen molar-refractivity contribution in [3.05, 3.63) is 35.0 Å². The van der Waals surface area contributed by atoms with Crippen molar-refractivity contribution in [2.75, 3.05) is 13.1 Å². The molecule has 2 N–H and O–H groups in total. The Morgan fingerprint density at radius 1 is 1.48 bits per heavy atom. The Balaban J connectivity index is 1.83. The molecule has 112 valence electrons. The lowest BCUT2D eigenvalue weighted by Crippen LogP contribution is -2.48. The van der Waals surface area contributed by atoms with Gasteiger partial charge in [0.25, 0.3) is 5.91 Å². The van der Waals surface area contributed by atoms with Crippen LogP contribution in [-0.4, -0.2) is 29.9 Å². The molecule has 1 aromatic heterocycles. The summed E-state index contributed by atoms with van der Waals surface area (Å²) in [5, 5.41) is 0.922. The molecule has 0 aliphatic carbocycles. The predicted molar refractivity (Wildman–Crippen MR) is 84.1 cm³/mol. The van der Waals surface area contributed by atoms with Crippen molar-refractivity contribution in [3.8, 4) is 0 Å². The number of hydrogen-bond acceptors (Lipinski definition) is 3. The topological polar surface area (TPSA) is 46.3 Å². The highest BCUT2D eigenvalue weighted by Crippen LogP contribution is 2.29. The summed E-state index contributed by atoms with van der Waals surface area (Å²) in [5.41, 5.74) is 6.09. The minimum Gasteiger partial charge on any atom is -0.338 e. The van der Waals surface area contributed by atoms with Gasteiger partial charge in [-0.2, -0.15) is 0 Å². The van der Waals surface area contributed by atoms with Crippen LogP contribution in [0.2, 0.25) is 0 Å². The van der Waals surface area contributed by atoms with Crippen LogP contribution in [-0.2, 0) is 0 Å². The maximum absolute atomic E-state index is 13.2. The summed E-state index contributed by atoms with van der Waals surface area (Å²) < 4.78 is 14.1. The first-order chi connectivity index (χ1) is 10.1. The Hall–Kier alpha value is -1.46. The monoisotopic (exact) mass is 306 g/mol. The number of nitrogens with two attached hydrogens (primary N) is 1. The molecule has 2 heterocycles. The number of halogens is 1. The number of piperidine rings is 1. The van der Waals surface area contributed by atoms with E-state index in [2.05, 4.69) is 6.92 Å². The second-order valence-electron chi connectivity index (χ2n) is 5.66. The van der Waals surface area contributed by atoms with Gasteiger partial charge < -0.3 is 10.6 Å². The average molecular weight is 306 g/mol. The minimum atomic E-state index is -0.265. The fourth-order valence-electron chi connectivity index (χ4n) is 2.93. The molecule has 21 heavy (non-hydrogen) atoms. The molecule has 3 nitrogen and oxygen atoms in total. The third kappa shape index (κ3) is 2.80. The highest BCUT2D eigenvalue weighted by molar-refractivity contribution is 7.20. The summed E-state index contributed by atoms with van der Waals surface area (Å²) in [6.07, 6.45) is 1.84. The minimum absolute atomic E-state index is 0.0435. The van der Waals surface area contributed by atoms with Crippen LogP contribution in [0.15, 0.2) is 24.3 Å². The molecule has 0 radical (unpaired) electrons. The van der Waals surface area contributed by atoms with Crippen molar-refractivity contribution in [3.63, 3.8) is 0 Å². The summed E-state index contributed by atoms with van der Waals surface area (Å²) in [7, 11) is 0. The zero-order valence-electron chi connectivity index (χ0n) is 12.0. The predicted octanol–water partition coefficient (Wildman–Crippen LogP) is 3.24. The van der Waals surface area contributed by atoms with Gasteiger partial charge in [0.1, 0.15) is 5.82 Å². The van der Waals surface area contributed by atoms with Gasteiger partial charge >= 0.3 is 0 Å². The molecule has 2 aromatic rings. The fraction of sp³-hybridized carbons (Fsp3) is 0.438. The fourth-order valence-corrected chi connectivity index (χ4v) is 3.99. The molecule has 2 unspecified atom stereocenters. The Morgan fingerprint density at radius 3 is 3.05 bits per heavy atom. The number of thiophene rings is 1. The van der Waals surface area contributed by atoms with E-state index in [0.717, 1.165) is 29.5 Å². The number of hydrogen-bond donors (Lipinski definition) is 1. The van der Waals surface area contributed by atoms with Crippen LogP contribution in [0.4, 0.5) is 4.39 Å². The number of rotatable bonds is 2. The van der Waals surface area contributed by atoms with E-state index in [1.807, 2.05) is 11.0 Å². The zero-order valence-corrected chi connectivity index (χ0v) is 12.8. The Bertz CT molecular complexity index is 669. The molecule has 1 aliphatic rings. The highest BCUT2D eigenvalue weighted by atomic mass is 32.1. The third-order valence-corrected chi connectivity index (χ3v) is 5.38. The van der Waals surface area contributed by atoms with Crippen LogP contribution in [0, 0.1) is 11.7 Å². The molecule has 2 atom stereocenters. The normalized spacial score (nSPS) is 22.7. The van der Waals surface area contributed by atoms with Gasteiger partial charge in [0.2, 0.25) is 0 Å². The number of likely N-dealkylation sites (tertiary alicyclic amines) is 1. The van der Waals surface area contributed by atoms with E-state index in [-0.39, 0.29) is 17.8 Å². The van der Waals surface area contributed by atoms with Crippen molar-refractivity contribution < 1.29 is 9.18 Å². The molecular formula is C16H19FN2OS. The second-order valence-corrected chi connectivity index (χ2v) is 6.75.